The van der Waals surface area contributed by atoms with Crippen LogP contribution in [0.1, 0.15) is 40.0 Å². The Morgan fingerprint density at radius 2 is 2.06 bits per heavy atom. The Balaban J connectivity index is 2.74. The topological polar surface area (TPSA) is 30.0 Å². The van der Waals surface area contributed by atoms with Crippen molar-refractivity contribution < 1.29 is 18.0 Å². The number of pyridine rings is 1. The van der Waals surface area contributed by atoms with Crippen molar-refractivity contribution in [3.8, 4) is 12.3 Å². The third kappa shape index (κ3) is 1.91. The van der Waals surface area contributed by atoms with Gasteiger partial charge in [0.15, 0.2) is 5.78 Å². The molecule has 0 radical (unpaired) electrons. The van der Waals surface area contributed by atoms with Crippen molar-refractivity contribution in [2.75, 3.05) is 0 Å². The summed E-state index contributed by atoms with van der Waals surface area (Å²) in [7, 11) is 0. The molecule has 0 spiro atoms. The molecule has 1 aromatic heterocycles. The summed E-state index contributed by atoms with van der Waals surface area (Å²) >= 11 is 0. The molecule has 88 valence electrons. The highest BCUT2D eigenvalue weighted by Crippen LogP contribution is 2.37. The van der Waals surface area contributed by atoms with E-state index in [2.05, 4.69) is 4.98 Å². The second-order valence-corrected chi connectivity index (χ2v) is 3.79. The fourth-order valence-corrected chi connectivity index (χ4v) is 2.01. The molecule has 0 fully saturated rings. The molecule has 0 saturated carbocycles. The van der Waals surface area contributed by atoms with E-state index < -0.39 is 11.7 Å². The Bertz CT molecular complexity index is 526. The van der Waals surface area contributed by atoms with Gasteiger partial charge in [0.1, 0.15) is 5.69 Å². The van der Waals surface area contributed by atoms with Gasteiger partial charge in [-0.25, -0.2) is 0 Å². The highest BCUT2D eigenvalue weighted by molar-refractivity contribution is 5.97. The van der Waals surface area contributed by atoms with E-state index in [1.54, 1.807) is 0 Å². The van der Waals surface area contributed by atoms with Gasteiger partial charge in [-0.15, -0.1) is 6.42 Å². The molecule has 17 heavy (non-hydrogen) atoms. The van der Waals surface area contributed by atoms with E-state index in [0.717, 1.165) is 6.20 Å². The second kappa shape index (κ2) is 3.88. The van der Waals surface area contributed by atoms with Gasteiger partial charge in [-0.3, -0.25) is 9.78 Å². The Hall–Kier alpha value is -1.83. The number of halogens is 3. The first kappa shape index (κ1) is 11.6. The summed E-state index contributed by atoms with van der Waals surface area (Å²) in [5, 5.41) is 0. The van der Waals surface area contributed by atoms with Crippen molar-refractivity contribution in [2.24, 2.45) is 0 Å². The number of alkyl halides is 3. The normalized spacial score (nSPS) is 15.3. The molecule has 2 nitrogen and oxygen atoms in total. The van der Waals surface area contributed by atoms with Gasteiger partial charge in [-0.05, 0) is 18.4 Å². The summed E-state index contributed by atoms with van der Waals surface area (Å²) < 4.78 is 38.7. The highest BCUT2D eigenvalue weighted by Gasteiger charge is 2.39. The number of fused-ring (bicyclic) bond motifs is 1. The molecule has 1 aliphatic rings. The lowest BCUT2D eigenvalue weighted by molar-refractivity contribution is -0.138. The molecule has 1 aliphatic carbocycles. The molecule has 1 heterocycles. The molecule has 0 bridgehead atoms. The average molecular weight is 239 g/mol. The predicted octanol–water partition coefficient (Wildman–Crippen LogP) is 2.60. The maximum atomic E-state index is 12.9. The maximum absolute atomic E-state index is 12.9. The van der Waals surface area contributed by atoms with Crippen LogP contribution in [0, 0.1) is 12.3 Å². The van der Waals surface area contributed by atoms with Gasteiger partial charge in [0, 0.05) is 12.6 Å². The van der Waals surface area contributed by atoms with Gasteiger partial charge in [0.25, 0.3) is 0 Å². The quantitative estimate of drug-likeness (QED) is 0.651. The summed E-state index contributed by atoms with van der Waals surface area (Å²) in [5.41, 5.74) is -1.31. The number of hydrogen-bond donors (Lipinski definition) is 0. The van der Waals surface area contributed by atoms with E-state index in [9.17, 15) is 18.0 Å². The monoisotopic (exact) mass is 239 g/mol. The predicted molar refractivity (Wildman–Crippen MR) is 54.4 cm³/mol. The molecule has 0 saturated heterocycles. The molecule has 1 aromatic rings. The number of ketones is 1. The zero-order chi connectivity index (χ0) is 12.6. The largest absolute Gasteiger partial charge is 0.418 e. The Labute approximate surface area is 95.9 Å². The van der Waals surface area contributed by atoms with Crippen molar-refractivity contribution in [3.05, 3.63) is 28.6 Å². The van der Waals surface area contributed by atoms with Gasteiger partial charge >= 0.3 is 6.18 Å². The van der Waals surface area contributed by atoms with Crippen LogP contribution in [0.4, 0.5) is 13.2 Å². The fourth-order valence-electron chi connectivity index (χ4n) is 2.01. The molecular weight excluding hydrogens is 231 g/mol. The molecule has 0 atom stereocenters. The minimum absolute atomic E-state index is 0.0517. The number of rotatable bonds is 0. The molecular formula is C12H8F3NO. The zero-order valence-electron chi connectivity index (χ0n) is 8.77. The minimum atomic E-state index is -4.55. The SMILES string of the molecule is C#Cc1cnc2c(c1C(F)(F)F)CCCC2=O. The van der Waals surface area contributed by atoms with Crippen molar-refractivity contribution in [3.63, 3.8) is 0 Å². The van der Waals surface area contributed by atoms with Crippen LogP contribution in [-0.4, -0.2) is 10.8 Å². The van der Waals surface area contributed by atoms with Crippen molar-refractivity contribution in [1.29, 1.82) is 0 Å². The lowest BCUT2D eigenvalue weighted by Gasteiger charge is -2.20. The van der Waals surface area contributed by atoms with Gasteiger partial charge in [0.05, 0.1) is 11.1 Å². The van der Waals surface area contributed by atoms with Crippen LogP contribution in [0.3, 0.4) is 0 Å². The second-order valence-electron chi connectivity index (χ2n) is 3.79. The van der Waals surface area contributed by atoms with Gasteiger partial charge < -0.3 is 0 Å². The number of nitrogens with zero attached hydrogens (tertiary/aromatic N) is 1. The minimum Gasteiger partial charge on any atom is -0.292 e. The summed E-state index contributed by atoms with van der Waals surface area (Å²) in [4.78, 5) is 15.2. The first-order valence-corrected chi connectivity index (χ1v) is 5.04. The van der Waals surface area contributed by atoms with E-state index in [0.29, 0.717) is 6.42 Å². The first-order chi connectivity index (χ1) is 7.95. The van der Waals surface area contributed by atoms with Crippen LogP contribution in [0.2, 0.25) is 0 Å². The number of carbonyl (C=O) groups excluding carboxylic acids is 1. The molecule has 0 aliphatic heterocycles. The summed E-state index contributed by atoms with van der Waals surface area (Å²) in [6, 6.07) is 0. The number of Topliss-reactive ketones (excluding diaryl/α,β-unsaturated/α-hetero) is 1. The van der Waals surface area contributed by atoms with Crippen molar-refractivity contribution in [2.45, 2.75) is 25.4 Å². The molecule has 5 heteroatoms. The summed E-state index contributed by atoms with van der Waals surface area (Å²) in [5.74, 6) is 1.63. The first-order valence-electron chi connectivity index (χ1n) is 5.04. The van der Waals surface area contributed by atoms with Crippen LogP contribution >= 0.6 is 0 Å². The summed E-state index contributed by atoms with van der Waals surface area (Å²) in [6.45, 7) is 0. The fraction of sp³-hybridized carbons (Fsp3) is 0.333. The molecule has 0 aromatic carbocycles. The van der Waals surface area contributed by atoms with Crippen molar-refractivity contribution in [1.82, 2.24) is 4.98 Å². The van der Waals surface area contributed by atoms with E-state index in [1.807, 2.05) is 5.92 Å². The number of hydrogen-bond acceptors (Lipinski definition) is 2. The van der Waals surface area contributed by atoms with Gasteiger partial charge in [-0.2, -0.15) is 13.2 Å². The van der Waals surface area contributed by atoms with E-state index in [-0.39, 0.29) is 35.4 Å². The average Bonchev–Trinajstić information content (AvgIpc) is 2.26. The highest BCUT2D eigenvalue weighted by atomic mass is 19.4. The van der Waals surface area contributed by atoms with Gasteiger partial charge in [0.2, 0.25) is 0 Å². The zero-order valence-corrected chi connectivity index (χ0v) is 8.77. The lowest BCUT2D eigenvalue weighted by Crippen LogP contribution is -2.21. The third-order valence-corrected chi connectivity index (χ3v) is 2.71. The van der Waals surface area contributed by atoms with Crippen LogP contribution in [-0.2, 0) is 12.6 Å². The van der Waals surface area contributed by atoms with E-state index >= 15 is 0 Å². The Morgan fingerprint density at radius 1 is 1.35 bits per heavy atom. The Kier molecular flexibility index (Phi) is 2.66. The van der Waals surface area contributed by atoms with Crippen molar-refractivity contribution >= 4 is 5.78 Å². The number of aromatic nitrogens is 1. The van der Waals surface area contributed by atoms with Gasteiger partial charge in [-0.1, -0.05) is 5.92 Å². The molecule has 0 N–H and O–H groups in total. The third-order valence-electron chi connectivity index (χ3n) is 2.71. The van der Waals surface area contributed by atoms with Crippen LogP contribution in [0.15, 0.2) is 6.20 Å². The van der Waals surface area contributed by atoms with E-state index in [1.165, 1.54) is 0 Å². The lowest BCUT2D eigenvalue weighted by atomic mass is 9.89. The van der Waals surface area contributed by atoms with Crippen LogP contribution < -0.4 is 0 Å². The number of carbonyl (C=O) groups is 1. The Morgan fingerprint density at radius 3 is 2.65 bits per heavy atom. The van der Waals surface area contributed by atoms with Crippen LogP contribution in [0.5, 0.6) is 0 Å². The summed E-state index contributed by atoms with van der Waals surface area (Å²) in [6.07, 6.45) is 2.28. The molecule has 0 unspecified atom stereocenters. The van der Waals surface area contributed by atoms with E-state index in [4.69, 9.17) is 6.42 Å². The van der Waals surface area contributed by atoms with Crippen LogP contribution in [0.25, 0.3) is 0 Å². The smallest absolute Gasteiger partial charge is 0.292 e. The molecule has 0 amide bonds. The standard InChI is InChI=1S/C12H8F3NO/c1-2-7-6-16-11-8(4-3-5-9(11)17)10(7)12(13,14)15/h1,6H,3-5H2. The maximum Gasteiger partial charge on any atom is 0.418 e. The number of terminal acetylenes is 1. The molecule has 2 rings (SSSR count).